The molecule has 0 saturated carbocycles. The number of carboxylic acid groups (broad SMARTS) is 1. The number of benzene rings is 1. The molecule has 0 aromatic heterocycles. The van der Waals surface area contributed by atoms with Crippen LogP contribution in [0.4, 0.5) is 18.9 Å². The van der Waals surface area contributed by atoms with Gasteiger partial charge in [-0.25, -0.2) is 4.79 Å². The number of halogens is 4. The molecule has 0 bridgehead atoms. The van der Waals surface area contributed by atoms with E-state index in [0.29, 0.717) is 0 Å². The molecule has 1 aromatic rings. The van der Waals surface area contributed by atoms with E-state index in [1.54, 1.807) is 0 Å². The smallest absolute Gasteiger partial charge is 0.416 e. The lowest BCUT2D eigenvalue weighted by Gasteiger charge is -2.09. The van der Waals surface area contributed by atoms with E-state index in [1.807, 2.05) is 0 Å². The quantitative estimate of drug-likeness (QED) is 0.840. The third-order valence-corrected chi connectivity index (χ3v) is 2.16. The maximum absolute atomic E-state index is 12.4. The lowest BCUT2D eigenvalue weighted by molar-refractivity contribution is -0.137. The Hall–Kier alpha value is -1.50. The summed E-state index contributed by atoms with van der Waals surface area (Å²) >= 11 is 2.95. The van der Waals surface area contributed by atoms with Crippen LogP contribution in [0.25, 0.3) is 0 Å². The average Bonchev–Trinajstić information content (AvgIpc) is 2.14. The van der Waals surface area contributed by atoms with Gasteiger partial charge in [0, 0.05) is 22.4 Å². The van der Waals surface area contributed by atoms with Gasteiger partial charge in [0.05, 0.1) is 5.56 Å². The zero-order valence-corrected chi connectivity index (χ0v) is 9.84. The summed E-state index contributed by atoms with van der Waals surface area (Å²) < 4.78 is 37.6. The van der Waals surface area contributed by atoms with E-state index in [-0.39, 0.29) is 10.2 Å². The predicted molar refractivity (Wildman–Crippen MR) is 59.5 cm³/mol. The Kier molecular flexibility index (Phi) is 4.17. The summed E-state index contributed by atoms with van der Waals surface area (Å²) in [5, 5.41) is 10.8. The molecule has 3 nitrogen and oxygen atoms in total. The molecule has 7 heteroatoms. The Bertz CT molecular complexity index is 457. The van der Waals surface area contributed by atoms with Crippen molar-refractivity contribution < 1.29 is 23.1 Å². The molecule has 2 N–H and O–H groups in total. The van der Waals surface area contributed by atoms with E-state index in [4.69, 9.17) is 5.11 Å². The first kappa shape index (κ1) is 13.6. The predicted octanol–water partition coefficient (Wildman–Crippen LogP) is 3.48. The maximum atomic E-state index is 12.4. The average molecular weight is 310 g/mol. The molecule has 0 fully saturated rings. The van der Waals surface area contributed by atoms with Gasteiger partial charge in [-0.3, -0.25) is 0 Å². The Morgan fingerprint density at radius 3 is 2.53 bits per heavy atom. The van der Waals surface area contributed by atoms with Crippen molar-refractivity contribution in [1.29, 1.82) is 0 Å². The van der Waals surface area contributed by atoms with Crippen LogP contribution >= 0.6 is 15.9 Å². The number of aliphatic carboxylic acids is 1. The zero-order valence-electron chi connectivity index (χ0n) is 8.25. The van der Waals surface area contributed by atoms with Gasteiger partial charge in [0.15, 0.2) is 0 Å². The van der Waals surface area contributed by atoms with Crippen LogP contribution in [0.2, 0.25) is 0 Å². The van der Waals surface area contributed by atoms with Gasteiger partial charge in [-0.1, -0.05) is 15.9 Å². The topological polar surface area (TPSA) is 49.3 Å². The molecule has 0 unspecified atom stereocenters. The van der Waals surface area contributed by atoms with Crippen molar-refractivity contribution in [2.24, 2.45) is 0 Å². The van der Waals surface area contributed by atoms with Crippen molar-refractivity contribution in [3.63, 3.8) is 0 Å². The fourth-order valence-corrected chi connectivity index (χ4v) is 1.54. The fourth-order valence-electron chi connectivity index (χ4n) is 1.05. The summed E-state index contributed by atoms with van der Waals surface area (Å²) in [5.41, 5.74) is -0.678. The van der Waals surface area contributed by atoms with Crippen LogP contribution in [0.1, 0.15) is 5.56 Å². The third kappa shape index (κ3) is 4.48. The standard InChI is InChI=1S/C10H7BrF3NO2/c11-7-3-6(10(12,13)14)4-8(5-7)15-2-1-9(16)17/h1-5,15H,(H,16,17)/b2-1+. The minimum absolute atomic E-state index is 0.143. The van der Waals surface area contributed by atoms with E-state index in [1.165, 1.54) is 6.07 Å². The monoisotopic (exact) mass is 309 g/mol. The molecule has 0 atom stereocenters. The third-order valence-electron chi connectivity index (χ3n) is 1.70. The number of nitrogens with one attached hydrogen (secondary N) is 1. The number of hydrogen-bond donors (Lipinski definition) is 2. The summed E-state index contributed by atoms with van der Waals surface area (Å²) in [6, 6.07) is 3.23. The van der Waals surface area contributed by atoms with Crippen LogP contribution in [0, 0.1) is 0 Å². The number of rotatable bonds is 3. The lowest BCUT2D eigenvalue weighted by atomic mass is 10.2. The van der Waals surface area contributed by atoms with Gasteiger partial charge in [-0.15, -0.1) is 0 Å². The summed E-state index contributed by atoms with van der Waals surface area (Å²) in [4.78, 5) is 10.2. The molecule has 0 amide bonds. The second kappa shape index (κ2) is 5.22. The van der Waals surface area contributed by atoms with Gasteiger partial charge >= 0.3 is 12.1 Å². The number of carbonyl (C=O) groups is 1. The summed E-state index contributed by atoms with van der Waals surface area (Å²) in [6.45, 7) is 0. The normalized spacial score (nSPS) is 11.8. The second-order valence-corrected chi connectivity index (χ2v) is 3.96. The van der Waals surface area contributed by atoms with E-state index in [2.05, 4.69) is 21.2 Å². The molecule has 1 aromatic carbocycles. The molecule has 0 spiro atoms. The first-order chi connectivity index (χ1) is 7.79. The van der Waals surface area contributed by atoms with Crippen molar-refractivity contribution in [2.45, 2.75) is 6.18 Å². The minimum atomic E-state index is -4.45. The first-order valence-electron chi connectivity index (χ1n) is 4.33. The Balaban J connectivity index is 2.94. The number of carboxylic acids is 1. The molecule has 0 radical (unpaired) electrons. The molecule has 92 valence electrons. The van der Waals surface area contributed by atoms with Crippen LogP contribution in [-0.2, 0) is 11.0 Å². The number of anilines is 1. The van der Waals surface area contributed by atoms with Crippen LogP contribution in [0.15, 0.2) is 34.9 Å². The van der Waals surface area contributed by atoms with Gasteiger partial charge in [-0.05, 0) is 18.2 Å². The highest BCUT2D eigenvalue weighted by Crippen LogP contribution is 2.33. The SMILES string of the molecule is O=C(O)/C=C/Nc1cc(Br)cc(C(F)(F)F)c1. The zero-order chi connectivity index (χ0) is 13.1. The van der Waals surface area contributed by atoms with Gasteiger partial charge in [0.2, 0.25) is 0 Å². The molecule has 0 saturated heterocycles. The highest BCUT2D eigenvalue weighted by Gasteiger charge is 2.30. The highest BCUT2D eigenvalue weighted by atomic mass is 79.9. The molecular formula is C10H7BrF3NO2. The first-order valence-corrected chi connectivity index (χ1v) is 5.12. The minimum Gasteiger partial charge on any atom is -0.478 e. The maximum Gasteiger partial charge on any atom is 0.416 e. The summed E-state index contributed by atoms with van der Waals surface area (Å²) in [5.74, 6) is -1.19. The van der Waals surface area contributed by atoms with E-state index >= 15 is 0 Å². The van der Waals surface area contributed by atoms with Crippen molar-refractivity contribution in [3.05, 3.63) is 40.5 Å². The van der Waals surface area contributed by atoms with Gasteiger partial charge in [-0.2, -0.15) is 13.2 Å². The van der Waals surface area contributed by atoms with Crippen LogP contribution in [0.3, 0.4) is 0 Å². The van der Waals surface area contributed by atoms with Crippen molar-refractivity contribution in [2.75, 3.05) is 5.32 Å². The fraction of sp³-hybridized carbons (Fsp3) is 0.100. The number of alkyl halides is 3. The molecule has 0 heterocycles. The second-order valence-electron chi connectivity index (χ2n) is 3.04. The van der Waals surface area contributed by atoms with Crippen molar-refractivity contribution in [1.82, 2.24) is 0 Å². The molecule has 0 aliphatic rings. The van der Waals surface area contributed by atoms with Gasteiger partial charge in [0.1, 0.15) is 0 Å². The Labute approximate surface area is 103 Å². The Morgan fingerprint density at radius 2 is 2.00 bits per heavy atom. The Morgan fingerprint density at radius 1 is 1.35 bits per heavy atom. The lowest BCUT2D eigenvalue weighted by Crippen LogP contribution is -2.05. The van der Waals surface area contributed by atoms with Crippen LogP contribution < -0.4 is 5.32 Å². The van der Waals surface area contributed by atoms with Crippen LogP contribution in [0.5, 0.6) is 0 Å². The summed E-state index contributed by atoms with van der Waals surface area (Å²) in [6.07, 6.45) is -2.62. The van der Waals surface area contributed by atoms with E-state index in [9.17, 15) is 18.0 Å². The largest absolute Gasteiger partial charge is 0.478 e. The molecule has 1 rings (SSSR count). The van der Waals surface area contributed by atoms with E-state index < -0.39 is 17.7 Å². The number of hydrogen-bond acceptors (Lipinski definition) is 2. The van der Waals surface area contributed by atoms with Crippen molar-refractivity contribution >= 4 is 27.6 Å². The van der Waals surface area contributed by atoms with E-state index in [0.717, 1.165) is 24.4 Å². The molecule has 0 aliphatic heterocycles. The molecular weight excluding hydrogens is 303 g/mol. The van der Waals surface area contributed by atoms with Crippen molar-refractivity contribution in [3.8, 4) is 0 Å². The van der Waals surface area contributed by atoms with Gasteiger partial charge in [0.25, 0.3) is 0 Å². The summed E-state index contributed by atoms with van der Waals surface area (Å²) in [7, 11) is 0. The highest BCUT2D eigenvalue weighted by molar-refractivity contribution is 9.10. The molecule has 17 heavy (non-hydrogen) atoms. The van der Waals surface area contributed by atoms with Gasteiger partial charge < -0.3 is 10.4 Å². The molecule has 0 aliphatic carbocycles. The van der Waals surface area contributed by atoms with Crippen LogP contribution in [-0.4, -0.2) is 11.1 Å².